The third-order valence-corrected chi connectivity index (χ3v) is 8.18. The van der Waals surface area contributed by atoms with E-state index in [1.165, 1.54) is 17.0 Å². The largest absolute Gasteiger partial charge is 0.497 e. The molecule has 0 aliphatic carbocycles. The van der Waals surface area contributed by atoms with Crippen LogP contribution in [-0.4, -0.2) is 50.4 Å². The number of ether oxygens (including phenoxy) is 1. The molecule has 0 saturated heterocycles. The Morgan fingerprint density at radius 3 is 2.12 bits per heavy atom. The molecule has 1 N–H and O–H groups in total. The highest BCUT2D eigenvalue weighted by molar-refractivity contribution is 7.92. The number of anilines is 1. The van der Waals surface area contributed by atoms with Crippen molar-refractivity contribution in [3.8, 4) is 5.75 Å². The number of sulfonamides is 1. The topological polar surface area (TPSA) is 96.0 Å². The van der Waals surface area contributed by atoms with Gasteiger partial charge in [-0.1, -0.05) is 48.0 Å². The molecule has 0 saturated carbocycles. The molecular formula is C31H39N3O5S. The van der Waals surface area contributed by atoms with Gasteiger partial charge in [0.1, 0.15) is 18.3 Å². The first kappa shape index (κ1) is 30.7. The highest BCUT2D eigenvalue weighted by Crippen LogP contribution is 2.28. The van der Waals surface area contributed by atoms with E-state index in [0.717, 1.165) is 15.4 Å². The minimum Gasteiger partial charge on any atom is -0.497 e. The lowest BCUT2D eigenvalue weighted by Crippen LogP contribution is -2.54. The van der Waals surface area contributed by atoms with Crippen LogP contribution in [0.2, 0.25) is 0 Å². The molecule has 1 atom stereocenters. The van der Waals surface area contributed by atoms with Gasteiger partial charge in [-0.2, -0.15) is 0 Å². The van der Waals surface area contributed by atoms with Crippen LogP contribution in [0.5, 0.6) is 5.75 Å². The zero-order valence-corrected chi connectivity index (χ0v) is 25.1. The van der Waals surface area contributed by atoms with Crippen LogP contribution >= 0.6 is 0 Å². The minimum atomic E-state index is -4.11. The second-order valence-corrected chi connectivity index (χ2v) is 12.8. The van der Waals surface area contributed by atoms with Crippen molar-refractivity contribution >= 4 is 27.5 Å². The molecule has 0 unspecified atom stereocenters. The van der Waals surface area contributed by atoms with Gasteiger partial charge < -0.3 is 15.0 Å². The molecule has 0 spiro atoms. The zero-order valence-electron chi connectivity index (χ0n) is 24.3. The monoisotopic (exact) mass is 565 g/mol. The number of amides is 2. The van der Waals surface area contributed by atoms with E-state index in [2.05, 4.69) is 5.32 Å². The van der Waals surface area contributed by atoms with Crippen molar-refractivity contribution in [2.45, 2.75) is 64.6 Å². The summed E-state index contributed by atoms with van der Waals surface area (Å²) < 4.78 is 34.2. The molecule has 3 rings (SSSR count). The molecule has 0 fully saturated rings. The Kier molecular flexibility index (Phi) is 9.63. The summed E-state index contributed by atoms with van der Waals surface area (Å²) in [5, 5.41) is 2.93. The van der Waals surface area contributed by atoms with Gasteiger partial charge in [-0.3, -0.25) is 13.9 Å². The number of nitrogens with zero attached hydrogens (tertiary/aromatic N) is 2. The Hall–Kier alpha value is -3.85. The van der Waals surface area contributed by atoms with Crippen molar-refractivity contribution in [3.63, 3.8) is 0 Å². The van der Waals surface area contributed by atoms with Gasteiger partial charge in [-0.15, -0.1) is 0 Å². The molecule has 0 aliphatic heterocycles. The molecule has 214 valence electrons. The van der Waals surface area contributed by atoms with Crippen molar-refractivity contribution in [2.75, 3.05) is 18.0 Å². The molecule has 0 aliphatic rings. The molecule has 40 heavy (non-hydrogen) atoms. The molecule has 0 aromatic heterocycles. The van der Waals surface area contributed by atoms with Gasteiger partial charge >= 0.3 is 0 Å². The number of aryl methyl sites for hydroxylation is 2. The lowest BCUT2D eigenvalue weighted by Gasteiger charge is -2.34. The van der Waals surface area contributed by atoms with Crippen molar-refractivity contribution in [3.05, 3.63) is 89.5 Å². The maximum absolute atomic E-state index is 14.0. The normalized spacial score (nSPS) is 12.4. The molecule has 8 nitrogen and oxygen atoms in total. The molecular weight excluding hydrogens is 526 g/mol. The second-order valence-electron chi connectivity index (χ2n) is 10.9. The van der Waals surface area contributed by atoms with Gasteiger partial charge in [0.15, 0.2) is 0 Å². The van der Waals surface area contributed by atoms with Gasteiger partial charge in [0.2, 0.25) is 11.8 Å². The number of nitrogens with one attached hydrogen (secondary N) is 1. The fourth-order valence-corrected chi connectivity index (χ4v) is 5.80. The van der Waals surface area contributed by atoms with Crippen LogP contribution in [-0.2, 0) is 26.2 Å². The van der Waals surface area contributed by atoms with Crippen LogP contribution < -0.4 is 14.4 Å². The maximum atomic E-state index is 14.0. The minimum absolute atomic E-state index is 0.0722. The van der Waals surface area contributed by atoms with Gasteiger partial charge in [-0.25, -0.2) is 8.42 Å². The molecule has 3 aromatic carbocycles. The Morgan fingerprint density at radius 1 is 0.950 bits per heavy atom. The van der Waals surface area contributed by atoms with Crippen molar-refractivity contribution in [1.82, 2.24) is 10.2 Å². The summed E-state index contributed by atoms with van der Waals surface area (Å²) in [6.45, 7) is 10.6. The number of carbonyl (C=O) groups excluding carboxylic acids is 2. The third-order valence-electron chi connectivity index (χ3n) is 6.41. The summed E-state index contributed by atoms with van der Waals surface area (Å²) in [5.74, 6) is -0.180. The summed E-state index contributed by atoms with van der Waals surface area (Å²) in [6, 6.07) is 19.7. The molecule has 0 radical (unpaired) electrons. The Labute approximate surface area is 238 Å². The number of benzene rings is 3. The standard InChI is InChI=1S/C31H39N3O5S/c1-22-13-18-28(23(2)19-22)34(40(37,38)27-11-9-8-10-12-27)21-29(35)33(24(3)30(36)32-31(4,5)6)20-25-14-16-26(39-7)17-15-25/h8-19,24H,20-21H2,1-7H3,(H,32,36)/t24-/m0/s1. The third kappa shape index (κ3) is 7.63. The smallest absolute Gasteiger partial charge is 0.264 e. The fourth-order valence-electron chi connectivity index (χ4n) is 4.30. The first-order chi connectivity index (χ1) is 18.7. The second kappa shape index (κ2) is 12.6. The fraction of sp³-hybridized carbons (Fsp3) is 0.355. The van der Waals surface area contributed by atoms with Gasteiger partial charge in [0, 0.05) is 12.1 Å². The number of carbonyl (C=O) groups is 2. The van der Waals surface area contributed by atoms with E-state index >= 15 is 0 Å². The van der Waals surface area contributed by atoms with Crippen LogP contribution in [0.1, 0.15) is 44.4 Å². The molecule has 9 heteroatoms. The summed E-state index contributed by atoms with van der Waals surface area (Å²) in [5.41, 5.74) is 2.35. The summed E-state index contributed by atoms with van der Waals surface area (Å²) in [4.78, 5) is 28.7. The number of methoxy groups -OCH3 is 1. The molecule has 0 bridgehead atoms. The van der Waals surface area contributed by atoms with E-state index in [-0.39, 0.29) is 17.3 Å². The van der Waals surface area contributed by atoms with E-state index in [9.17, 15) is 18.0 Å². The molecule has 3 aromatic rings. The Bertz CT molecular complexity index is 1430. The quantitative estimate of drug-likeness (QED) is 0.380. The summed E-state index contributed by atoms with van der Waals surface area (Å²) in [6.07, 6.45) is 0. The van der Waals surface area contributed by atoms with E-state index in [1.807, 2.05) is 58.9 Å². The van der Waals surface area contributed by atoms with Crippen molar-refractivity contribution in [2.24, 2.45) is 0 Å². The predicted octanol–water partition coefficient (Wildman–Crippen LogP) is 4.84. The average Bonchev–Trinajstić information content (AvgIpc) is 2.90. The van der Waals surface area contributed by atoms with Gasteiger partial charge in [0.05, 0.1) is 17.7 Å². The highest BCUT2D eigenvalue weighted by atomic mass is 32.2. The zero-order chi connectivity index (χ0) is 29.7. The highest BCUT2D eigenvalue weighted by Gasteiger charge is 2.33. The van der Waals surface area contributed by atoms with Gasteiger partial charge in [0.25, 0.3) is 10.0 Å². The SMILES string of the molecule is COc1ccc(CN(C(=O)CN(c2ccc(C)cc2C)S(=O)(=O)c2ccccc2)[C@@H](C)C(=O)NC(C)(C)C)cc1. The number of hydrogen-bond donors (Lipinski definition) is 1. The van der Waals surface area contributed by atoms with Crippen LogP contribution in [0.3, 0.4) is 0 Å². The van der Waals surface area contributed by atoms with Crippen molar-refractivity contribution in [1.29, 1.82) is 0 Å². The van der Waals surface area contributed by atoms with E-state index in [4.69, 9.17) is 4.74 Å². The molecule has 2 amide bonds. The average molecular weight is 566 g/mol. The number of hydrogen-bond acceptors (Lipinski definition) is 5. The summed E-state index contributed by atoms with van der Waals surface area (Å²) in [7, 11) is -2.54. The van der Waals surface area contributed by atoms with E-state index in [1.54, 1.807) is 50.4 Å². The molecule has 0 heterocycles. The van der Waals surface area contributed by atoms with Crippen LogP contribution in [0.15, 0.2) is 77.7 Å². The van der Waals surface area contributed by atoms with E-state index in [0.29, 0.717) is 17.0 Å². The summed E-state index contributed by atoms with van der Waals surface area (Å²) >= 11 is 0. The van der Waals surface area contributed by atoms with Crippen LogP contribution in [0.4, 0.5) is 5.69 Å². The predicted molar refractivity (Wildman–Crippen MR) is 158 cm³/mol. The van der Waals surface area contributed by atoms with Crippen LogP contribution in [0, 0.1) is 13.8 Å². The van der Waals surface area contributed by atoms with Crippen LogP contribution in [0.25, 0.3) is 0 Å². The Balaban J connectivity index is 2.05. The lowest BCUT2D eigenvalue weighted by molar-refractivity contribution is -0.140. The first-order valence-corrected chi connectivity index (χ1v) is 14.6. The Morgan fingerprint density at radius 2 is 1.57 bits per heavy atom. The maximum Gasteiger partial charge on any atom is 0.264 e. The lowest BCUT2D eigenvalue weighted by atomic mass is 10.1. The number of rotatable bonds is 10. The van der Waals surface area contributed by atoms with E-state index < -0.39 is 34.1 Å². The van der Waals surface area contributed by atoms with Gasteiger partial charge in [-0.05, 0) is 83.0 Å². The first-order valence-electron chi connectivity index (χ1n) is 13.1. The van der Waals surface area contributed by atoms with Crippen molar-refractivity contribution < 1.29 is 22.7 Å².